The molecule has 1 aromatic rings. The predicted molar refractivity (Wildman–Crippen MR) is 51.8 cm³/mol. The maximum absolute atomic E-state index is 5.35. The number of furan rings is 1. The average molecular weight is 183 g/mol. The normalized spacial score (nSPS) is 13.2. The van der Waals surface area contributed by atoms with Crippen molar-refractivity contribution in [3.63, 3.8) is 0 Å². The van der Waals surface area contributed by atoms with E-state index in [4.69, 9.17) is 9.15 Å². The van der Waals surface area contributed by atoms with Crippen LogP contribution in [0.1, 0.15) is 24.3 Å². The molecule has 0 aliphatic rings. The zero-order chi connectivity index (χ0) is 9.68. The molecule has 0 aliphatic carbocycles. The Morgan fingerprint density at radius 1 is 1.62 bits per heavy atom. The van der Waals surface area contributed by atoms with Crippen LogP contribution in [0.4, 0.5) is 0 Å². The Kier molecular flexibility index (Phi) is 3.99. The lowest BCUT2D eigenvalue weighted by molar-refractivity contribution is 0.169. The fourth-order valence-corrected chi connectivity index (χ4v) is 1.44. The molecule has 0 saturated carbocycles. The number of aryl methyl sites for hydroxylation is 1. The molecule has 0 bridgehead atoms. The Labute approximate surface area is 79.1 Å². The molecule has 3 nitrogen and oxygen atoms in total. The largest absolute Gasteiger partial charge is 0.469 e. The average Bonchev–Trinajstić information content (AvgIpc) is 2.61. The van der Waals surface area contributed by atoms with Gasteiger partial charge in [-0.3, -0.25) is 0 Å². The molecule has 0 amide bonds. The number of nitrogens with one attached hydrogen (secondary N) is 1. The summed E-state index contributed by atoms with van der Waals surface area (Å²) in [6.07, 6.45) is 2.65. The van der Waals surface area contributed by atoms with Crippen LogP contribution in [0, 0.1) is 0 Å². The third-order valence-electron chi connectivity index (χ3n) is 2.16. The number of methoxy groups -OCH3 is 1. The van der Waals surface area contributed by atoms with Gasteiger partial charge in [-0.25, -0.2) is 0 Å². The van der Waals surface area contributed by atoms with E-state index in [1.54, 1.807) is 13.4 Å². The van der Waals surface area contributed by atoms with Gasteiger partial charge in [-0.2, -0.15) is 0 Å². The van der Waals surface area contributed by atoms with Gasteiger partial charge in [0.1, 0.15) is 5.76 Å². The standard InChI is InChI=1S/C10H17NO2/c1-4-10-8(5-6-13-10)9(11-2)7-12-3/h5-6,9,11H,4,7H2,1-3H3. The van der Waals surface area contributed by atoms with E-state index in [0.29, 0.717) is 6.61 Å². The molecule has 1 N–H and O–H groups in total. The van der Waals surface area contributed by atoms with Gasteiger partial charge in [0.15, 0.2) is 0 Å². The fourth-order valence-electron chi connectivity index (χ4n) is 1.44. The van der Waals surface area contributed by atoms with E-state index in [0.717, 1.165) is 12.2 Å². The first-order valence-electron chi connectivity index (χ1n) is 4.56. The van der Waals surface area contributed by atoms with Crippen LogP contribution in [-0.4, -0.2) is 20.8 Å². The van der Waals surface area contributed by atoms with Crippen molar-refractivity contribution in [3.05, 3.63) is 23.7 Å². The molecular formula is C10H17NO2. The molecular weight excluding hydrogens is 166 g/mol. The molecule has 3 heteroatoms. The summed E-state index contributed by atoms with van der Waals surface area (Å²) < 4.78 is 10.5. The van der Waals surface area contributed by atoms with Gasteiger partial charge < -0.3 is 14.5 Å². The van der Waals surface area contributed by atoms with Gasteiger partial charge in [0.25, 0.3) is 0 Å². The van der Waals surface area contributed by atoms with E-state index in [9.17, 15) is 0 Å². The van der Waals surface area contributed by atoms with E-state index >= 15 is 0 Å². The SMILES string of the molecule is CCc1occc1C(COC)NC. The van der Waals surface area contributed by atoms with E-state index in [1.807, 2.05) is 13.1 Å². The minimum absolute atomic E-state index is 0.235. The quantitative estimate of drug-likeness (QED) is 0.755. The van der Waals surface area contributed by atoms with Crippen LogP contribution in [0.25, 0.3) is 0 Å². The van der Waals surface area contributed by atoms with Crippen LogP contribution in [0.3, 0.4) is 0 Å². The lowest BCUT2D eigenvalue weighted by Gasteiger charge is -2.14. The minimum atomic E-state index is 0.235. The second kappa shape index (κ2) is 5.04. The first-order valence-corrected chi connectivity index (χ1v) is 4.56. The Bertz CT molecular complexity index is 245. The summed E-state index contributed by atoms with van der Waals surface area (Å²) in [5.41, 5.74) is 1.20. The highest BCUT2D eigenvalue weighted by atomic mass is 16.5. The van der Waals surface area contributed by atoms with Crippen LogP contribution < -0.4 is 5.32 Å². The second-order valence-corrected chi connectivity index (χ2v) is 2.95. The van der Waals surface area contributed by atoms with E-state index in [2.05, 4.69) is 12.2 Å². The maximum atomic E-state index is 5.35. The number of hydrogen-bond acceptors (Lipinski definition) is 3. The molecule has 0 saturated heterocycles. The van der Waals surface area contributed by atoms with Crippen molar-refractivity contribution >= 4 is 0 Å². The third-order valence-corrected chi connectivity index (χ3v) is 2.16. The van der Waals surface area contributed by atoms with Gasteiger partial charge in [0.2, 0.25) is 0 Å². The van der Waals surface area contributed by atoms with Crippen molar-refractivity contribution in [3.8, 4) is 0 Å². The predicted octanol–water partition coefficient (Wildman–Crippen LogP) is 1.75. The van der Waals surface area contributed by atoms with Crippen LogP contribution in [0.15, 0.2) is 16.7 Å². The summed E-state index contributed by atoms with van der Waals surface area (Å²) in [5, 5.41) is 3.20. The molecule has 0 aliphatic heterocycles. The molecule has 0 spiro atoms. The Morgan fingerprint density at radius 3 is 2.92 bits per heavy atom. The minimum Gasteiger partial charge on any atom is -0.469 e. The van der Waals surface area contributed by atoms with Crippen LogP contribution >= 0.6 is 0 Å². The van der Waals surface area contributed by atoms with Crippen molar-refractivity contribution in [1.29, 1.82) is 0 Å². The summed E-state index contributed by atoms with van der Waals surface area (Å²) in [6.45, 7) is 2.75. The van der Waals surface area contributed by atoms with Crippen LogP contribution in [0.2, 0.25) is 0 Å². The van der Waals surface area contributed by atoms with E-state index in [-0.39, 0.29) is 6.04 Å². The van der Waals surface area contributed by atoms with Crippen molar-refractivity contribution in [2.75, 3.05) is 20.8 Å². The molecule has 0 aromatic carbocycles. The van der Waals surface area contributed by atoms with Crippen LogP contribution in [0.5, 0.6) is 0 Å². The molecule has 1 rings (SSSR count). The lowest BCUT2D eigenvalue weighted by atomic mass is 10.1. The molecule has 0 fully saturated rings. The van der Waals surface area contributed by atoms with Gasteiger partial charge in [-0.05, 0) is 13.1 Å². The smallest absolute Gasteiger partial charge is 0.108 e. The van der Waals surface area contributed by atoms with Crippen molar-refractivity contribution in [2.24, 2.45) is 0 Å². The Hall–Kier alpha value is -0.800. The second-order valence-electron chi connectivity index (χ2n) is 2.95. The van der Waals surface area contributed by atoms with Gasteiger partial charge in [-0.1, -0.05) is 6.92 Å². The number of hydrogen-bond donors (Lipinski definition) is 1. The molecule has 74 valence electrons. The molecule has 1 atom stereocenters. The highest BCUT2D eigenvalue weighted by molar-refractivity contribution is 5.21. The zero-order valence-electron chi connectivity index (χ0n) is 8.46. The van der Waals surface area contributed by atoms with Gasteiger partial charge in [-0.15, -0.1) is 0 Å². The number of ether oxygens (including phenoxy) is 1. The molecule has 1 unspecified atom stereocenters. The molecule has 1 aromatic heterocycles. The number of likely N-dealkylation sites (N-methyl/N-ethyl adjacent to an activating group) is 1. The van der Waals surface area contributed by atoms with Gasteiger partial charge >= 0.3 is 0 Å². The first-order chi connectivity index (χ1) is 6.33. The molecule has 1 heterocycles. The maximum Gasteiger partial charge on any atom is 0.108 e. The topological polar surface area (TPSA) is 34.4 Å². The molecule has 0 radical (unpaired) electrons. The van der Waals surface area contributed by atoms with Crippen molar-refractivity contribution in [1.82, 2.24) is 5.32 Å². The highest BCUT2D eigenvalue weighted by Gasteiger charge is 2.14. The number of rotatable bonds is 5. The highest BCUT2D eigenvalue weighted by Crippen LogP contribution is 2.19. The van der Waals surface area contributed by atoms with E-state index in [1.165, 1.54) is 5.56 Å². The molecule has 13 heavy (non-hydrogen) atoms. The third kappa shape index (κ3) is 2.32. The van der Waals surface area contributed by atoms with E-state index < -0.39 is 0 Å². The summed E-state index contributed by atoms with van der Waals surface area (Å²) >= 11 is 0. The summed E-state index contributed by atoms with van der Waals surface area (Å²) in [4.78, 5) is 0. The zero-order valence-corrected chi connectivity index (χ0v) is 8.46. The van der Waals surface area contributed by atoms with Crippen LogP contribution in [-0.2, 0) is 11.2 Å². The van der Waals surface area contributed by atoms with Crippen molar-refractivity contribution < 1.29 is 9.15 Å². The lowest BCUT2D eigenvalue weighted by Crippen LogP contribution is -2.21. The summed E-state index contributed by atoms with van der Waals surface area (Å²) in [7, 11) is 3.63. The Morgan fingerprint density at radius 2 is 2.38 bits per heavy atom. The summed E-state index contributed by atoms with van der Waals surface area (Å²) in [6, 6.07) is 2.23. The Balaban J connectivity index is 2.77. The van der Waals surface area contributed by atoms with Gasteiger partial charge in [0, 0.05) is 19.1 Å². The first kappa shape index (κ1) is 10.3. The fraction of sp³-hybridized carbons (Fsp3) is 0.600. The monoisotopic (exact) mass is 183 g/mol. The van der Waals surface area contributed by atoms with Crippen molar-refractivity contribution in [2.45, 2.75) is 19.4 Å². The van der Waals surface area contributed by atoms with Gasteiger partial charge in [0.05, 0.1) is 18.9 Å². The summed E-state index contributed by atoms with van der Waals surface area (Å²) in [5.74, 6) is 1.04.